The molecule has 2 aromatic rings. The minimum Gasteiger partial charge on any atom is -0.463 e. The molecule has 1 aliphatic heterocycles. The van der Waals surface area contributed by atoms with Crippen LogP contribution < -0.4 is 10.6 Å². The van der Waals surface area contributed by atoms with Crippen LogP contribution >= 0.6 is 12.2 Å². The molecule has 0 spiro atoms. The van der Waals surface area contributed by atoms with E-state index in [4.69, 9.17) is 17.0 Å². The number of rotatable bonds is 3. The van der Waals surface area contributed by atoms with E-state index >= 15 is 0 Å². The monoisotopic (exact) mass is 315 g/mol. The average Bonchev–Trinajstić information content (AvgIpc) is 2.90. The van der Waals surface area contributed by atoms with Crippen molar-refractivity contribution in [3.05, 3.63) is 47.3 Å². The molecule has 1 unspecified atom stereocenters. The van der Waals surface area contributed by atoms with Crippen LogP contribution in [0.1, 0.15) is 25.5 Å². The third-order valence-corrected chi connectivity index (χ3v) is 3.92. The number of esters is 1. The van der Waals surface area contributed by atoms with E-state index in [0.717, 1.165) is 22.2 Å². The van der Waals surface area contributed by atoms with Gasteiger partial charge in [0.2, 0.25) is 0 Å². The Balaban J connectivity index is 2.11. The molecule has 1 atom stereocenters. The van der Waals surface area contributed by atoms with Gasteiger partial charge in [-0.05, 0) is 32.1 Å². The number of para-hydroxylation sites is 1. The highest BCUT2D eigenvalue weighted by atomic mass is 32.1. The van der Waals surface area contributed by atoms with Crippen LogP contribution in [0.4, 0.5) is 0 Å². The van der Waals surface area contributed by atoms with Crippen molar-refractivity contribution in [2.45, 2.75) is 19.9 Å². The van der Waals surface area contributed by atoms with Crippen LogP contribution in [0.3, 0.4) is 0 Å². The molecule has 0 saturated heterocycles. The Hall–Kier alpha value is -2.34. The average molecular weight is 315 g/mol. The lowest BCUT2D eigenvalue weighted by molar-refractivity contribution is -0.139. The summed E-state index contributed by atoms with van der Waals surface area (Å²) >= 11 is 5.24. The zero-order chi connectivity index (χ0) is 15.7. The van der Waals surface area contributed by atoms with Crippen molar-refractivity contribution in [2.24, 2.45) is 0 Å². The van der Waals surface area contributed by atoms with Crippen LogP contribution in [0.25, 0.3) is 10.9 Å². The van der Waals surface area contributed by atoms with E-state index in [1.807, 2.05) is 37.4 Å². The summed E-state index contributed by atoms with van der Waals surface area (Å²) in [5, 5.41) is 7.73. The number of H-pyrrole nitrogens is 1. The number of hydrogen-bond acceptors (Lipinski definition) is 3. The van der Waals surface area contributed by atoms with E-state index < -0.39 is 0 Å². The lowest BCUT2D eigenvalue weighted by atomic mass is 9.95. The van der Waals surface area contributed by atoms with Gasteiger partial charge >= 0.3 is 5.97 Å². The first-order valence-electron chi connectivity index (χ1n) is 7.13. The van der Waals surface area contributed by atoms with E-state index in [1.54, 1.807) is 6.92 Å². The summed E-state index contributed by atoms with van der Waals surface area (Å²) in [6.45, 7) is 3.96. The SMILES string of the molecule is CCOC(=O)C1=C(C)NC(=S)NC1c1c[nH]c2ccccc12. The molecule has 0 saturated carbocycles. The first-order chi connectivity index (χ1) is 10.6. The van der Waals surface area contributed by atoms with E-state index in [0.29, 0.717) is 17.3 Å². The molecule has 3 rings (SSSR count). The van der Waals surface area contributed by atoms with Crippen molar-refractivity contribution in [1.29, 1.82) is 0 Å². The molecule has 0 amide bonds. The second-order valence-electron chi connectivity index (χ2n) is 5.08. The molecule has 5 nitrogen and oxygen atoms in total. The summed E-state index contributed by atoms with van der Waals surface area (Å²) in [6, 6.07) is 7.63. The first-order valence-corrected chi connectivity index (χ1v) is 7.54. The van der Waals surface area contributed by atoms with Gasteiger partial charge in [-0.1, -0.05) is 18.2 Å². The Morgan fingerprint density at radius 2 is 2.14 bits per heavy atom. The van der Waals surface area contributed by atoms with Gasteiger partial charge in [0.05, 0.1) is 18.2 Å². The first kappa shape index (κ1) is 14.6. The molecule has 0 aliphatic carbocycles. The van der Waals surface area contributed by atoms with Gasteiger partial charge in [-0.25, -0.2) is 4.79 Å². The highest BCUT2D eigenvalue weighted by molar-refractivity contribution is 7.80. The molecule has 1 aliphatic rings. The number of benzene rings is 1. The number of fused-ring (bicyclic) bond motifs is 1. The van der Waals surface area contributed by atoms with Crippen molar-refractivity contribution in [3.8, 4) is 0 Å². The molecule has 114 valence electrons. The Bertz CT molecular complexity index is 779. The number of hydrogen-bond donors (Lipinski definition) is 3. The Morgan fingerprint density at radius 3 is 2.91 bits per heavy atom. The van der Waals surface area contributed by atoms with Crippen molar-refractivity contribution < 1.29 is 9.53 Å². The third kappa shape index (κ3) is 2.46. The molecule has 22 heavy (non-hydrogen) atoms. The van der Waals surface area contributed by atoms with Gasteiger partial charge in [0.15, 0.2) is 5.11 Å². The summed E-state index contributed by atoms with van der Waals surface area (Å²) in [6.07, 6.45) is 1.91. The number of carbonyl (C=O) groups is 1. The standard InChI is InChI=1S/C16H17N3O2S/c1-3-21-15(20)13-9(2)18-16(22)19-14(13)11-8-17-12-7-5-4-6-10(11)12/h4-8,14,17H,3H2,1-2H3,(H2,18,19,22). The molecule has 0 radical (unpaired) electrons. The maximum Gasteiger partial charge on any atom is 0.338 e. The van der Waals surface area contributed by atoms with Crippen molar-refractivity contribution in [2.75, 3.05) is 6.61 Å². The molecule has 2 heterocycles. The Labute approximate surface area is 133 Å². The van der Waals surface area contributed by atoms with Crippen molar-refractivity contribution in [1.82, 2.24) is 15.6 Å². The van der Waals surface area contributed by atoms with E-state index in [2.05, 4.69) is 15.6 Å². The second-order valence-corrected chi connectivity index (χ2v) is 5.49. The van der Waals surface area contributed by atoms with Crippen LogP contribution in [0, 0.1) is 0 Å². The molecule has 6 heteroatoms. The largest absolute Gasteiger partial charge is 0.463 e. The minimum absolute atomic E-state index is 0.330. The smallest absolute Gasteiger partial charge is 0.338 e. The van der Waals surface area contributed by atoms with Gasteiger partial charge in [0, 0.05) is 28.4 Å². The molecular weight excluding hydrogens is 298 g/mol. The fourth-order valence-electron chi connectivity index (χ4n) is 2.74. The van der Waals surface area contributed by atoms with Crippen molar-refractivity contribution in [3.63, 3.8) is 0 Å². The van der Waals surface area contributed by atoms with E-state index in [1.165, 1.54) is 0 Å². The van der Waals surface area contributed by atoms with Gasteiger partial charge in [0.1, 0.15) is 0 Å². The predicted molar refractivity (Wildman–Crippen MR) is 89.2 cm³/mol. The van der Waals surface area contributed by atoms with Gasteiger partial charge in [0.25, 0.3) is 0 Å². The van der Waals surface area contributed by atoms with Gasteiger partial charge in [-0.3, -0.25) is 0 Å². The normalized spacial score (nSPS) is 18.1. The summed E-state index contributed by atoms with van der Waals surface area (Å²) < 4.78 is 5.20. The van der Waals surface area contributed by atoms with Gasteiger partial charge in [-0.15, -0.1) is 0 Å². The Kier molecular flexibility index (Phi) is 3.85. The summed E-state index contributed by atoms with van der Waals surface area (Å²) in [7, 11) is 0. The predicted octanol–water partition coefficient (Wildman–Crippen LogP) is 2.52. The topological polar surface area (TPSA) is 66.2 Å². The van der Waals surface area contributed by atoms with Crippen LogP contribution in [0.2, 0.25) is 0 Å². The molecule has 0 bridgehead atoms. The van der Waals surface area contributed by atoms with E-state index in [9.17, 15) is 4.79 Å². The summed E-state index contributed by atoms with van der Waals surface area (Å²) in [4.78, 5) is 15.6. The van der Waals surface area contributed by atoms with E-state index in [-0.39, 0.29) is 12.0 Å². The Morgan fingerprint density at radius 1 is 1.36 bits per heavy atom. The third-order valence-electron chi connectivity index (χ3n) is 3.70. The van der Waals surface area contributed by atoms with Gasteiger partial charge < -0.3 is 20.4 Å². The molecule has 3 N–H and O–H groups in total. The maximum atomic E-state index is 12.3. The fourth-order valence-corrected chi connectivity index (χ4v) is 3.01. The molecule has 1 aromatic carbocycles. The van der Waals surface area contributed by atoms with Crippen molar-refractivity contribution >= 4 is 34.2 Å². The lowest BCUT2D eigenvalue weighted by Gasteiger charge is -2.29. The number of aromatic nitrogens is 1. The number of carbonyl (C=O) groups excluding carboxylic acids is 1. The number of nitrogens with one attached hydrogen (secondary N) is 3. The molecule has 1 aromatic heterocycles. The number of ether oxygens (including phenoxy) is 1. The number of thiocarbonyl (C=S) groups is 1. The number of aromatic amines is 1. The van der Waals surface area contributed by atoms with Gasteiger partial charge in [-0.2, -0.15) is 0 Å². The fraction of sp³-hybridized carbons (Fsp3) is 0.250. The minimum atomic E-state index is -0.335. The van der Waals surface area contributed by atoms with Crippen LogP contribution in [-0.4, -0.2) is 22.7 Å². The summed E-state index contributed by atoms with van der Waals surface area (Å²) in [5.41, 5.74) is 3.27. The highest BCUT2D eigenvalue weighted by Gasteiger charge is 2.32. The molecular formula is C16H17N3O2S. The van der Waals surface area contributed by atoms with Crippen LogP contribution in [0.15, 0.2) is 41.7 Å². The maximum absolute atomic E-state index is 12.3. The zero-order valence-corrected chi connectivity index (χ0v) is 13.2. The van der Waals surface area contributed by atoms with Crippen LogP contribution in [0.5, 0.6) is 0 Å². The molecule has 0 fully saturated rings. The highest BCUT2D eigenvalue weighted by Crippen LogP contribution is 2.32. The zero-order valence-electron chi connectivity index (χ0n) is 12.4. The second kappa shape index (κ2) is 5.81. The lowest BCUT2D eigenvalue weighted by Crippen LogP contribution is -2.45. The number of allylic oxidation sites excluding steroid dienone is 1. The quantitative estimate of drug-likeness (QED) is 0.600. The van der Waals surface area contributed by atoms with Crippen LogP contribution in [-0.2, 0) is 9.53 Å². The summed E-state index contributed by atoms with van der Waals surface area (Å²) in [5.74, 6) is -0.335.